The average Bonchev–Trinajstić information content (AvgIpc) is 2.60. The average molecular weight is 252 g/mol. The van der Waals surface area contributed by atoms with Crippen LogP contribution >= 0.6 is 0 Å². The molecule has 7 heteroatoms. The van der Waals surface area contributed by atoms with E-state index in [1.807, 2.05) is 4.90 Å². The van der Waals surface area contributed by atoms with E-state index in [4.69, 9.17) is 4.74 Å². The highest BCUT2D eigenvalue weighted by atomic mass is 19.4. The van der Waals surface area contributed by atoms with Crippen LogP contribution in [0.5, 0.6) is 0 Å². The van der Waals surface area contributed by atoms with Gasteiger partial charge in [0.2, 0.25) is 5.91 Å². The summed E-state index contributed by atoms with van der Waals surface area (Å²) in [5.41, 5.74) is 0. The number of ether oxygens (including phenoxy) is 1. The van der Waals surface area contributed by atoms with E-state index in [1.165, 1.54) is 0 Å². The third kappa shape index (κ3) is 3.10. The van der Waals surface area contributed by atoms with Crippen molar-refractivity contribution in [1.82, 2.24) is 9.80 Å². The van der Waals surface area contributed by atoms with Gasteiger partial charge in [-0.05, 0) is 6.42 Å². The van der Waals surface area contributed by atoms with Gasteiger partial charge in [-0.25, -0.2) is 0 Å². The molecule has 0 saturated carbocycles. The number of alkyl halides is 3. The van der Waals surface area contributed by atoms with Gasteiger partial charge in [0.25, 0.3) is 0 Å². The molecule has 2 heterocycles. The number of likely N-dealkylation sites (tertiary alicyclic amines) is 1. The number of carbonyl (C=O) groups excluding carboxylic acids is 1. The number of rotatable bonds is 2. The monoisotopic (exact) mass is 252 g/mol. The Balaban J connectivity index is 1.92. The molecule has 2 saturated heterocycles. The van der Waals surface area contributed by atoms with Gasteiger partial charge in [0, 0.05) is 19.6 Å². The first kappa shape index (κ1) is 12.6. The van der Waals surface area contributed by atoms with Gasteiger partial charge in [-0.3, -0.25) is 9.69 Å². The van der Waals surface area contributed by atoms with E-state index in [1.54, 1.807) is 0 Å². The maximum absolute atomic E-state index is 12.2. The first-order chi connectivity index (χ1) is 7.97. The van der Waals surface area contributed by atoms with Crippen LogP contribution in [0.25, 0.3) is 0 Å². The van der Waals surface area contributed by atoms with Crippen molar-refractivity contribution in [3.05, 3.63) is 0 Å². The normalized spacial score (nSPS) is 27.8. The molecule has 0 unspecified atom stereocenters. The fraction of sp³-hybridized carbons (Fsp3) is 0.900. The summed E-state index contributed by atoms with van der Waals surface area (Å²) in [6, 6.07) is -0.388. The first-order valence-electron chi connectivity index (χ1n) is 5.65. The molecule has 4 nitrogen and oxygen atoms in total. The maximum atomic E-state index is 12.2. The SMILES string of the molecule is O=C1[C@@H](N2CCOCC2)CCN1CC(F)(F)F. The molecular formula is C10H15F3N2O2. The largest absolute Gasteiger partial charge is 0.406 e. The number of hydrogen-bond acceptors (Lipinski definition) is 3. The summed E-state index contributed by atoms with van der Waals surface area (Å²) >= 11 is 0. The van der Waals surface area contributed by atoms with Gasteiger partial charge in [0.15, 0.2) is 0 Å². The van der Waals surface area contributed by atoms with Crippen LogP contribution in [0.2, 0.25) is 0 Å². The van der Waals surface area contributed by atoms with Gasteiger partial charge in [-0.2, -0.15) is 13.2 Å². The summed E-state index contributed by atoms with van der Waals surface area (Å²) in [6.45, 7) is 1.39. The maximum Gasteiger partial charge on any atom is 0.406 e. The molecule has 0 radical (unpaired) electrons. The zero-order valence-electron chi connectivity index (χ0n) is 9.37. The van der Waals surface area contributed by atoms with Crippen LogP contribution in [0.3, 0.4) is 0 Å². The van der Waals surface area contributed by atoms with E-state index in [-0.39, 0.29) is 12.6 Å². The molecule has 2 fully saturated rings. The molecule has 0 N–H and O–H groups in total. The van der Waals surface area contributed by atoms with Crippen LogP contribution in [0.4, 0.5) is 13.2 Å². The molecule has 0 bridgehead atoms. The van der Waals surface area contributed by atoms with Crippen molar-refractivity contribution in [2.45, 2.75) is 18.6 Å². The van der Waals surface area contributed by atoms with E-state index in [0.717, 1.165) is 4.90 Å². The number of morpholine rings is 1. The lowest BCUT2D eigenvalue weighted by molar-refractivity contribution is -0.159. The minimum atomic E-state index is -4.31. The Morgan fingerprint density at radius 2 is 1.88 bits per heavy atom. The van der Waals surface area contributed by atoms with Crippen LogP contribution in [0, 0.1) is 0 Å². The molecule has 1 atom stereocenters. The summed E-state index contributed by atoms with van der Waals surface area (Å²) in [6.07, 6.45) is -3.83. The van der Waals surface area contributed by atoms with E-state index in [9.17, 15) is 18.0 Å². The van der Waals surface area contributed by atoms with Crippen molar-refractivity contribution < 1.29 is 22.7 Å². The van der Waals surface area contributed by atoms with E-state index < -0.39 is 18.6 Å². The third-order valence-electron chi connectivity index (χ3n) is 3.13. The van der Waals surface area contributed by atoms with Gasteiger partial charge >= 0.3 is 6.18 Å². The predicted molar refractivity (Wildman–Crippen MR) is 53.4 cm³/mol. The lowest BCUT2D eigenvalue weighted by Gasteiger charge is -2.31. The molecule has 98 valence electrons. The van der Waals surface area contributed by atoms with E-state index in [2.05, 4.69) is 0 Å². The molecule has 1 amide bonds. The Hall–Kier alpha value is -0.820. The Morgan fingerprint density at radius 1 is 1.24 bits per heavy atom. The summed E-state index contributed by atoms with van der Waals surface area (Å²) in [5, 5.41) is 0. The second kappa shape index (κ2) is 4.81. The molecule has 2 rings (SSSR count). The molecule has 0 spiro atoms. The zero-order chi connectivity index (χ0) is 12.5. The molecule has 0 aromatic rings. The van der Waals surface area contributed by atoms with Crippen molar-refractivity contribution in [2.24, 2.45) is 0 Å². The number of carbonyl (C=O) groups is 1. The summed E-state index contributed by atoms with van der Waals surface area (Å²) < 4.78 is 41.8. The Labute approximate surface area is 97.3 Å². The predicted octanol–water partition coefficient (Wildman–Crippen LogP) is 0.482. The number of amides is 1. The Morgan fingerprint density at radius 3 is 2.47 bits per heavy atom. The third-order valence-corrected chi connectivity index (χ3v) is 3.13. The van der Waals surface area contributed by atoms with Gasteiger partial charge in [-0.15, -0.1) is 0 Å². The Kier molecular flexibility index (Phi) is 3.58. The molecule has 0 aliphatic carbocycles. The number of hydrogen-bond donors (Lipinski definition) is 0. The summed E-state index contributed by atoms with van der Waals surface area (Å²) in [5.74, 6) is -0.399. The minimum Gasteiger partial charge on any atom is -0.379 e. The molecule has 2 aliphatic heterocycles. The molecule has 17 heavy (non-hydrogen) atoms. The van der Waals surface area contributed by atoms with E-state index in [0.29, 0.717) is 32.7 Å². The van der Waals surface area contributed by atoms with Gasteiger partial charge in [-0.1, -0.05) is 0 Å². The summed E-state index contributed by atoms with van der Waals surface area (Å²) in [7, 11) is 0. The van der Waals surface area contributed by atoms with Crippen LogP contribution in [-0.4, -0.2) is 67.3 Å². The van der Waals surface area contributed by atoms with Crippen LogP contribution in [0.15, 0.2) is 0 Å². The highest BCUT2D eigenvalue weighted by molar-refractivity contribution is 5.84. The highest BCUT2D eigenvalue weighted by Crippen LogP contribution is 2.23. The lowest BCUT2D eigenvalue weighted by Crippen LogP contribution is -2.48. The minimum absolute atomic E-state index is 0.195. The smallest absolute Gasteiger partial charge is 0.379 e. The fourth-order valence-electron chi connectivity index (χ4n) is 2.32. The van der Waals surface area contributed by atoms with Crippen molar-refractivity contribution in [3.8, 4) is 0 Å². The number of halogens is 3. The van der Waals surface area contributed by atoms with Crippen LogP contribution in [-0.2, 0) is 9.53 Å². The van der Waals surface area contributed by atoms with Crippen LogP contribution in [0.1, 0.15) is 6.42 Å². The van der Waals surface area contributed by atoms with Crippen molar-refractivity contribution >= 4 is 5.91 Å². The molecule has 0 aromatic heterocycles. The van der Waals surface area contributed by atoms with E-state index >= 15 is 0 Å². The molecule has 0 aromatic carbocycles. The molecule has 2 aliphatic rings. The highest BCUT2D eigenvalue weighted by Gasteiger charge is 2.41. The van der Waals surface area contributed by atoms with Gasteiger partial charge < -0.3 is 9.64 Å². The first-order valence-corrected chi connectivity index (χ1v) is 5.65. The fourth-order valence-corrected chi connectivity index (χ4v) is 2.32. The molecular weight excluding hydrogens is 237 g/mol. The zero-order valence-corrected chi connectivity index (χ0v) is 9.37. The quantitative estimate of drug-likeness (QED) is 0.716. The van der Waals surface area contributed by atoms with Crippen molar-refractivity contribution in [3.63, 3.8) is 0 Å². The second-order valence-electron chi connectivity index (χ2n) is 4.33. The second-order valence-corrected chi connectivity index (χ2v) is 4.33. The standard InChI is InChI=1S/C10H15F3N2O2/c11-10(12,13)7-15-2-1-8(9(15)16)14-3-5-17-6-4-14/h8H,1-7H2/t8-/m0/s1. The summed E-state index contributed by atoms with van der Waals surface area (Å²) in [4.78, 5) is 14.6. The van der Waals surface area contributed by atoms with Crippen molar-refractivity contribution in [2.75, 3.05) is 39.4 Å². The topological polar surface area (TPSA) is 32.8 Å². The van der Waals surface area contributed by atoms with Crippen molar-refractivity contribution in [1.29, 1.82) is 0 Å². The van der Waals surface area contributed by atoms with Crippen LogP contribution < -0.4 is 0 Å². The number of nitrogens with zero attached hydrogens (tertiary/aromatic N) is 2. The van der Waals surface area contributed by atoms with Gasteiger partial charge in [0.05, 0.1) is 19.3 Å². The Bertz CT molecular complexity index is 290. The lowest BCUT2D eigenvalue weighted by atomic mass is 10.2. The van der Waals surface area contributed by atoms with Gasteiger partial charge in [0.1, 0.15) is 6.54 Å².